The number of allylic oxidation sites excluding steroid dienone is 1. The molecule has 3 aromatic rings. The number of aromatic nitrogens is 1. The number of anilines is 1. The van der Waals surface area contributed by atoms with E-state index in [0.717, 1.165) is 6.07 Å². The fourth-order valence-electron chi connectivity index (χ4n) is 2.30. The van der Waals surface area contributed by atoms with E-state index in [1.54, 1.807) is 17.5 Å². The molecule has 0 unspecified atom stereocenters. The number of rotatable bonds is 4. The van der Waals surface area contributed by atoms with Crippen LogP contribution in [0.1, 0.15) is 10.6 Å². The molecular formula is C19H11F4N3S. The Morgan fingerprint density at radius 1 is 1.11 bits per heavy atom. The van der Waals surface area contributed by atoms with Crippen molar-refractivity contribution >= 4 is 22.6 Å². The molecule has 0 atom stereocenters. The summed E-state index contributed by atoms with van der Waals surface area (Å²) in [5.74, 6) is -0.376. The number of thiazole rings is 1. The Hall–Kier alpha value is -3.18. The van der Waals surface area contributed by atoms with Gasteiger partial charge in [0.1, 0.15) is 22.5 Å². The zero-order valence-corrected chi connectivity index (χ0v) is 14.4. The summed E-state index contributed by atoms with van der Waals surface area (Å²) in [6, 6.07) is 12.6. The molecule has 0 aliphatic rings. The van der Waals surface area contributed by atoms with Gasteiger partial charge in [-0.3, -0.25) is 0 Å². The fourth-order valence-corrected chi connectivity index (χ4v) is 3.09. The summed E-state index contributed by atoms with van der Waals surface area (Å²) in [5.41, 5.74) is 0.321. The zero-order valence-electron chi connectivity index (χ0n) is 13.6. The van der Waals surface area contributed by atoms with Crippen LogP contribution >= 0.6 is 11.3 Å². The van der Waals surface area contributed by atoms with E-state index in [1.807, 2.05) is 6.07 Å². The van der Waals surface area contributed by atoms with Crippen LogP contribution in [0, 0.1) is 17.1 Å². The molecule has 0 fully saturated rings. The molecule has 3 rings (SSSR count). The van der Waals surface area contributed by atoms with Gasteiger partial charge in [0.15, 0.2) is 0 Å². The molecule has 136 valence electrons. The Bertz CT molecular complexity index is 1010. The first-order chi connectivity index (χ1) is 12.9. The monoisotopic (exact) mass is 389 g/mol. The summed E-state index contributed by atoms with van der Waals surface area (Å²) < 4.78 is 52.1. The van der Waals surface area contributed by atoms with Crippen molar-refractivity contribution in [1.29, 1.82) is 5.26 Å². The summed E-state index contributed by atoms with van der Waals surface area (Å²) >= 11 is 1.17. The number of nitriles is 1. The molecule has 0 aliphatic heterocycles. The third-order valence-corrected chi connectivity index (χ3v) is 4.48. The molecule has 1 N–H and O–H groups in total. The summed E-state index contributed by atoms with van der Waals surface area (Å²) in [6.45, 7) is 0. The summed E-state index contributed by atoms with van der Waals surface area (Å²) in [6.07, 6.45) is -3.32. The minimum absolute atomic E-state index is 0.0883. The maximum atomic E-state index is 13.0. The van der Waals surface area contributed by atoms with Gasteiger partial charge in [0.25, 0.3) is 0 Å². The molecule has 0 spiro atoms. The van der Waals surface area contributed by atoms with Crippen molar-refractivity contribution in [1.82, 2.24) is 4.98 Å². The van der Waals surface area contributed by atoms with Crippen LogP contribution in [0.5, 0.6) is 0 Å². The SMILES string of the molecule is N#C/C(=C/Nc1ccccc1C(F)(F)F)c1nc(-c2ccc(F)cc2)cs1. The molecule has 1 aromatic heterocycles. The van der Waals surface area contributed by atoms with Crippen molar-refractivity contribution < 1.29 is 17.6 Å². The number of hydrogen-bond acceptors (Lipinski definition) is 4. The third kappa shape index (κ3) is 4.33. The van der Waals surface area contributed by atoms with E-state index in [1.165, 1.54) is 47.9 Å². The number of halogens is 4. The molecule has 2 aromatic carbocycles. The second-order valence-electron chi connectivity index (χ2n) is 5.40. The van der Waals surface area contributed by atoms with Crippen molar-refractivity contribution in [3.63, 3.8) is 0 Å². The summed E-state index contributed by atoms with van der Waals surface area (Å²) in [4.78, 5) is 4.31. The van der Waals surface area contributed by atoms with Crippen LogP contribution in [0.15, 0.2) is 60.1 Å². The highest BCUT2D eigenvalue weighted by Gasteiger charge is 2.33. The number of para-hydroxylation sites is 1. The van der Waals surface area contributed by atoms with Crippen LogP contribution in [0.2, 0.25) is 0 Å². The highest BCUT2D eigenvalue weighted by molar-refractivity contribution is 7.11. The maximum Gasteiger partial charge on any atom is 0.418 e. The lowest BCUT2D eigenvalue weighted by Crippen LogP contribution is -2.08. The summed E-state index contributed by atoms with van der Waals surface area (Å²) in [7, 11) is 0. The second-order valence-corrected chi connectivity index (χ2v) is 6.26. The van der Waals surface area contributed by atoms with Crippen molar-refractivity contribution in [2.75, 3.05) is 5.32 Å². The van der Waals surface area contributed by atoms with Gasteiger partial charge in [0.05, 0.1) is 16.9 Å². The van der Waals surface area contributed by atoms with Crippen LogP contribution in [-0.4, -0.2) is 4.98 Å². The van der Waals surface area contributed by atoms with E-state index in [0.29, 0.717) is 16.3 Å². The van der Waals surface area contributed by atoms with Gasteiger partial charge in [-0.15, -0.1) is 11.3 Å². The summed E-state index contributed by atoms with van der Waals surface area (Å²) in [5, 5.41) is 13.9. The van der Waals surface area contributed by atoms with Crippen LogP contribution < -0.4 is 5.32 Å². The Morgan fingerprint density at radius 2 is 1.81 bits per heavy atom. The van der Waals surface area contributed by atoms with E-state index in [4.69, 9.17) is 0 Å². The fraction of sp³-hybridized carbons (Fsp3) is 0.0526. The van der Waals surface area contributed by atoms with Gasteiger partial charge in [-0.25, -0.2) is 9.37 Å². The van der Waals surface area contributed by atoms with Crippen LogP contribution in [0.25, 0.3) is 16.8 Å². The lowest BCUT2D eigenvalue weighted by Gasteiger charge is -2.12. The molecular weight excluding hydrogens is 378 g/mol. The Morgan fingerprint density at radius 3 is 2.48 bits per heavy atom. The second kappa shape index (κ2) is 7.60. The maximum absolute atomic E-state index is 13.0. The topological polar surface area (TPSA) is 48.7 Å². The third-order valence-electron chi connectivity index (χ3n) is 3.60. The molecule has 1 heterocycles. The Kier molecular flexibility index (Phi) is 5.23. The first-order valence-electron chi connectivity index (χ1n) is 7.63. The number of nitrogens with one attached hydrogen (secondary N) is 1. The van der Waals surface area contributed by atoms with E-state index in [9.17, 15) is 22.8 Å². The molecule has 0 aliphatic carbocycles. The molecule has 0 saturated carbocycles. The van der Waals surface area contributed by atoms with E-state index in [2.05, 4.69) is 10.3 Å². The quantitative estimate of drug-likeness (QED) is 0.443. The van der Waals surface area contributed by atoms with Gasteiger partial charge >= 0.3 is 6.18 Å². The van der Waals surface area contributed by atoms with Crippen molar-refractivity contribution in [3.05, 3.63) is 76.5 Å². The highest BCUT2D eigenvalue weighted by atomic mass is 32.1. The van der Waals surface area contributed by atoms with Crippen molar-refractivity contribution in [3.8, 4) is 17.3 Å². The Balaban J connectivity index is 1.87. The zero-order chi connectivity index (χ0) is 19.4. The van der Waals surface area contributed by atoms with E-state index >= 15 is 0 Å². The predicted molar refractivity (Wildman–Crippen MR) is 96.2 cm³/mol. The lowest BCUT2D eigenvalue weighted by molar-refractivity contribution is -0.136. The van der Waals surface area contributed by atoms with Crippen LogP contribution in [0.3, 0.4) is 0 Å². The average Bonchev–Trinajstić information content (AvgIpc) is 3.12. The van der Waals surface area contributed by atoms with Gasteiger partial charge in [0, 0.05) is 17.1 Å². The largest absolute Gasteiger partial charge is 0.418 e. The molecule has 0 radical (unpaired) electrons. The Labute approximate surface area is 156 Å². The van der Waals surface area contributed by atoms with E-state index in [-0.39, 0.29) is 17.1 Å². The van der Waals surface area contributed by atoms with Gasteiger partial charge in [-0.05, 0) is 36.4 Å². The number of alkyl halides is 3. The minimum Gasteiger partial charge on any atom is -0.360 e. The molecule has 0 amide bonds. The number of benzene rings is 2. The number of hydrogen-bond donors (Lipinski definition) is 1. The smallest absolute Gasteiger partial charge is 0.360 e. The normalized spacial score (nSPS) is 11.9. The molecule has 3 nitrogen and oxygen atoms in total. The van der Waals surface area contributed by atoms with Gasteiger partial charge in [0.2, 0.25) is 0 Å². The predicted octanol–water partition coefficient (Wildman–Crippen LogP) is 5.94. The first-order valence-corrected chi connectivity index (χ1v) is 8.51. The van der Waals surface area contributed by atoms with Gasteiger partial charge in [-0.1, -0.05) is 12.1 Å². The molecule has 0 saturated heterocycles. The van der Waals surface area contributed by atoms with Crippen molar-refractivity contribution in [2.24, 2.45) is 0 Å². The molecule has 8 heteroatoms. The van der Waals surface area contributed by atoms with Crippen LogP contribution in [0.4, 0.5) is 23.2 Å². The van der Waals surface area contributed by atoms with Gasteiger partial charge < -0.3 is 5.32 Å². The van der Waals surface area contributed by atoms with E-state index < -0.39 is 11.7 Å². The lowest BCUT2D eigenvalue weighted by atomic mass is 10.1. The minimum atomic E-state index is -4.51. The average molecular weight is 389 g/mol. The molecule has 0 bridgehead atoms. The standard InChI is InChI=1S/C19H11F4N3S/c20-14-7-5-12(6-8-14)17-11-27-18(26-17)13(9-24)10-25-16-4-2-1-3-15(16)19(21,22)23/h1-8,10-11,25H/b13-10-. The number of nitrogens with zero attached hydrogens (tertiary/aromatic N) is 2. The first kappa shape index (κ1) is 18.6. The van der Waals surface area contributed by atoms with Gasteiger partial charge in [-0.2, -0.15) is 18.4 Å². The molecule has 27 heavy (non-hydrogen) atoms. The van der Waals surface area contributed by atoms with Crippen LogP contribution in [-0.2, 0) is 6.18 Å². The highest BCUT2D eigenvalue weighted by Crippen LogP contribution is 2.35. The van der Waals surface area contributed by atoms with Crippen molar-refractivity contribution in [2.45, 2.75) is 6.18 Å².